The molecule has 1 aromatic rings. The summed E-state index contributed by atoms with van der Waals surface area (Å²) in [5, 5.41) is 11.5. The minimum atomic E-state index is -0.313. The average molecular weight is 300 g/mol. The lowest BCUT2D eigenvalue weighted by molar-refractivity contribution is -0.129. The van der Waals surface area contributed by atoms with Crippen molar-refractivity contribution < 1.29 is 9.59 Å². The summed E-state index contributed by atoms with van der Waals surface area (Å²) in [7, 11) is 0. The second kappa shape index (κ2) is 7.05. The maximum Gasteiger partial charge on any atom is 0.324 e. The highest BCUT2D eigenvalue weighted by atomic mass is 16.2. The first-order chi connectivity index (χ1) is 10.6. The second-order valence-electron chi connectivity index (χ2n) is 5.25. The van der Waals surface area contributed by atoms with Gasteiger partial charge in [-0.15, -0.1) is 0 Å². The van der Waals surface area contributed by atoms with Crippen LogP contribution < -0.4 is 5.32 Å². The number of rotatable bonds is 5. The smallest absolute Gasteiger partial charge is 0.324 e. The molecule has 0 unspecified atom stereocenters. The van der Waals surface area contributed by atoms with Gasteiger partial charge >= 0.3 is 6.03 Å². The van der Waals surface area contributed by atoms with Gasteiger partial charge in [-0.2, -0.15) is 5.26 Å². The van der Waals surface area contributed by atoms with E-state index in [0.717, 1.165) is 5.56 Å². The van der Waals surface area contributed by atoms with E-state index in [1.54, 1.807) is 12.1 Å². The molecule has 3 amide bonds. The van der Waals surface area contributed by atoms with Crippen molar-refractivity contribution in [2.75, 3.05) is 26.2 Å². The zero-order chi connectivity index (χ0) is 16.1. The summed E-state index contributed by atoms with van der Waals surface area (Å²) >= 11 is 0. The van der Waals surface area contributed by atoms with Gasteiger partial charge in [-0.25, -0.2) is 4.79 Å². The quantitative estimate of drug-likeness (QED) is 0.894. The molecule has 1 aliphatic heterocycles. The Hall–Kier alpha value is -2.39. The summed E-state index contributed by atoms with van der Waals surface area (Å²) in [4.78, 5) is 27.0. The fraction of sp³-hybridized carbons (Fsp3) is 0.438. The van der Waals surface area contributed by atoms with Crippen molar-refractivity contribution in [1.82, 2.24) is 15.1 Å². The van der Waals surface area contributed by atoms with Crippen LogP contribution in [0.3, 0.4) is 0 Å². The molecule has 1 fully saturated rings. The normalized spacial score (nSPS) is 15.5. The Bertz CT molecular complexity index is 591. The van der Waals surface area contributed by atoms with Gasteiger partial charge in [-0.3, -0.25) is 14.6 Å². The number of hydrogen-bond donors (Lipinski definition) is 1. The molecule has 0 spiro atoms. The van der Waals surface area contributed by atoms with Crippen molar-refractivity contribution >= 4 is 11.9 Å². The summed E-state index contributed by atoms with van der Waals surface area (Å²) < 4.78 is 0. The number of carbonyl (C=O) groups is 2. The van der Waals surface area contributed by atoms with Gasteiger partial charge in [0.05, 0.1) is 18.2 Å². The van der Waals surface area contributed by atoms with E-state index in [4.69, 9.17) is 5.26 Å². The zero-order valence-corrected chi connectivity index (χ0v) is 12.9. The van der Waals surface area contributed by atoms with Gasteiger partial charge in [0.15, 0.2) is 0 Å². The average Bonchev–Trinajstić information content (AvgIpc) is 2.98. The first-order valence-electron chi connectivity index (χ1n) is 7.39. The maximum atomic E-state index is 12.2. The van der Waals surface area contributed by atoms with E-state index in [-0.39, 0.29) is 24.5 Å². The zero-order valence-electron chi connectivity index (χ0n) is 12.9. The summed E-state index contributed by atoms with van der Waals surface area (Å²) in [5.74, 6) is -0.183. The lowest BCUT2D eigenvalue weighted by atomic mass is 10.0. The Kier molecular flexibility index (Phi) is 5.12. The third-order valence-corrected chi connectivity index (χ3v) is 3.97. The highest BCUT2D eigenvalue weighted by molar-refractivity contribution is 5.96. The van der Waals surface area contributed by atoms with Crippen molar-refractivity contribution in [2.24, 2.45) is 0 Å². The van der Waals surface area contributed by atoms with Gasteiger partial charge in [-0.1, -0.05) is 19.1 Å². The van der Waals surface area contributed by atoms with Crippen LogP contribution in [0.1, 0.15) is 31.0 Å². The summed E-state index contributed by atoms with van der Waals surface area (Å²) in [6.07, 6.45) is 0. The molecular weight excluding hydrogens is 280 g/mol. The lowest BCUT2D eigenvalue weighted by Gasteiger charge is -2.28. The van der Waals surface area contributed by atoms with E-state index in [9.17, 15) is 9.59 Å². The van der Waals surface area contributed by atoms with Crippen LogP contribution in [0.5, 0.6) is 0 Å². The van der Waals surface area contributed by atoms with Gasteiger partial charge < -0.3 is 5.32 Å². The molecule has 1 saturated heterocycles. The van der Waals surface area contributed by atoms with E-state index >= 15 is 0 Å². The number of likely N-dealkylation sites (N-methyl/N-ethyl adjacent to an activating group) is 1. The van der Waals surface area contributed by atoms with Gasteiger partial charge in [0, 0.05) is 19.1 Å². The van der Waals surface area contributed by atoms with Crippen LogP contribution in [-0.2, 0) is 4.79 Å². The van der Waals surface area contributed by atoms with Crippen LogP contribution in [-0.4, -0.2) is 47.9 Å². The van der Waals surface area contributed by atoms with E-state index in [1.165, 1.54) is 4.90 Å². The highest BCUT2D eigenvalue weighted by Gasteiger charge is 2.28. The molecule has 6 heteroatoms. The fourth-order valence-electron chi connectivity index (χ4n) is 2.54. The minimum absolute atomic E-state index is 0.0346. The molecule has 0 aromatic heterocycles. The van der Waals surface area contributed by atoms with Crippen LogP contribution >= 0.6 is 0 Å². The van der Waals surface area contributed by atoms with Crippen LogP contribution in [0, 0.1) is 11.3 Å². The van der Waals surface area contributed by atoms with Gasteiger partial charge in [0.2, 0.25) is 5.91 Å². The molecule has 22 heavy (non-hydrogen) atoms. The third-order valence-electron chi connectivity index (χ3n) is 3.97. The van der Waals surface area contributed by atoms with E-state index in [2.05, 4.69) is 11.4 Å². The Balaban J connectivity index is 2.05. The highest BCUT2D eigenvalue weighted by Crippen LogP contribution is 2.20. The van der Waals surface area contributed by atoms with Crippen LogP contribution in [0.25, 0.3) is 0 Å². The Morgan fingerprint density at radius 2 is 2.14 bits per heavy atom. The topological polar surface area (TPSA) is 76.4 Å². The molecule has 116 valence electrons. The minimum Gasteiger partial charge on any atom is -0.336 e. The van der Waals surface area contributed by atoms with E-state index < -0.39 is 0 Å². The van der Waals surface area contributed by atoms with Crippen molar-refractivity contribution in [1.29, 1.82) is 5.26 Å². The molecule has 0 radical (unpaired) electrons. The molecule has 0 bridgehead atoms. The summed E-state index contributed by atoms with van der Waals surface area (Å²) in [6.45, 7) is 5.84. The molecule has 1 aliphatic rings. The van der Waals surface area contributed by atoms with Gasteiger partial charge in [0.1, 0.15) is 0 Å². The monoisotopic (exact) mass is 300 g/mol. The van der Waals surface area contributed by atoms with Crippen molar-refractivity contribution in [2.45, 2.75) is 19.9 Å². The summed E-state index contributed by atoms with van der Waals surface area (Å²) in [6, 6.07) is 9.16. The molecule has 2 rings (SSSR count). The largest absolute Gasteiger partial charge is 0.336 e. The maximum absolute atomic E-state index is 12.2. The molecule has 1 atom stereocenters. The van der Waals surface area contributed by atoms with Crippen molar-refractivity contribution in [3.05, 3.63) is 35.4 Å². The third kappa shape index (κ3) is 3.43. The second-order valence-corrected chi connectivity index (χ2v) is 5.25. The number of carbonyl (C=O) groups excluding carboxylic acids is 2. The predicted molar refractivity (Wildman–Crippen MR) is 81.9 cm³/mol. The van der Waals surface area contributed by atoms with E-state index in [0.29, 0.717) is 25.2 Å². The number of nitrogens with zero attached hydrogens (tertiary/aromatic N) is 3. The molecule has 0 aliphatic carbocycles. The standard InChI is InChI=1S/C16H20N4O2/c1-3-19(11-15(21)20-9-8-18-16(20)22)12(2)14-6-4-13(10-17)5-7-14/h4-7,12H,3,8-9,11H2,1-2H3,(H,18,22)/t12-/m0/s1. The first kappa shape index (κ1) is 16.0. The molecular formula is C16H20N4O2. The number of nitrogens with one attached hydrogen (secondary N) is 1. The predicted octanol–water partition coefficient (Wildman–Crippen LogP) is 1.49. The number of imide groups is 1. The molecule has 6 nitrogen and oxygen atoms in total. The molecule has 0 saturated carbocycles. The van der Waals surface area contributed by atoms with Crippen molar-refractivity contribution in [3.8, 4) is 6.07 Å². The van der Waals surface area contributed by atoms with Crippen LogP contribution in [0.15, 0.2) is 24.3 Å². The van der Waals surface area contributed by atoms with Gasteiger partial charge in [-0.05, 0) is 31.2 Å². The number of benzene rings is 1. The van der Waals surface area contributed by atoms with Crippen LogP contribution in [0.4, 0.5) is 4.79 Å². The van der Waals surface area contributed by atoms with Crippen molar-refractivity contribution in [3.63, 3.8) is 0 Å². The molecule has 1 heterocycles. The molecule has 1 N–H and O–H groups in total. The number of hydrogen-bond acceptors (Lipinski definition) is 4. The fourth-order valence-corrected chi connectivity index (χ4v) is 2.54. The lowest BCUT2D eigenvalue weighted by Crippen LogP contribution is -2.42. The number of nitriles is 1. The van der Waals surface area contributed by atoms with Crippen LogP contribution in [0.2, 0.25) is 0 Å². The Morgan fingerprint density at radius 1 is 1.45 bits per heavy atom. The number of urea groups is 1. The molecule has 1 aromatic carbocycles. The number of amides is 3. The first-order valence-corrected chi connectivity index (χ1v) is 7.39. The SMILES string of the molecule is CCN(CC(=O)N1CCNC1=O)[C@@H](C)c1ccc(C#N)cc1. The Labute approximate surface area is 130 Å². The van der Waals surface area contributed by atoms with E-state index in [1.807, 2.05) is 30.9 Å². The summed E-state index contributed by atoms with van der Waals surface area (Å²) in [5.41, 5.74) is 1.66. The van der Waals surface area contributed by atoms with Gasteiger partial charge in [0.25, 0.3) is 0 Å². The Morgan fingerprint density at radius 3 is 2.64 bits per heavy atom.